The summed E-state index contributed by atoms with van der Waals surface area (Å²) in [6, 6.07) is 10.9. The largest absolute Gasteiger partial charge is 0.351 e. The van der Waals surface area contributed by atoms with E-state index in [1.807, 2.05) is 18.5 Å². The number of rotatable bonds is 2. The molecule has 0 aliphatic carbocycles. The molecular formula is C18H17N3S. The summed E-state index contributed by atoms with van der Waals surface area (Å²) in [5.74, 6) is 0.970. The van der Waals surface area contributed by atoms with E-state index in [2.05, 4.69) is 46.5 Å². The van der Waals surface area contributed by atoms with Gasteiger partial charge in [0.25, 0.3) is 0 Å². The molecule has 0 spiro atoms. The zero-order valence-electron chi connectivity index (χ0n) is 12.5. The van der Waals surface area contributed by atoms with Crippen LogP contribution in [-0.2, 0) is 13.0 Å². The van der Waals surface area contributed by atoms with Gasteiger partial charge in [-0.15, -0.1) is 11.3 Å². The highest BCUT2D eigenvalue weighted by molar-refractivity contribution is 7.13. The number of anilines is 1. The van der Waals surface area contributed by atoms with Crippen LogP contribution in [-0.4, -0.2) is 16.5 Å². The van der Waals surface area contributed by atoms with E-state index < -0.39 is 0 Å². The zero-order valence-corrected chi connectivity index (χ0v) is 13.3. The average molecular weight is 307 g/mol. The average Bonchev–Trinajstić information content (AvgIpc) is 3.09. The molecule has 0 bridgehead atoms. The molecule has 0 atom stereocenters. The minimum absolute atomic E-state index is 0.915. The van der Waals surface area contributed by atoms with E-state index in [-0.39, 0.29) is 0 Å². The summed E-state index contributed by atoms with van der Waals surface area (Å²) < 4.78 is 0. The number of thiophene rings is 1. The van der Waals surface area contributed by atoms with Crippen molar-refractivity contribution in [2.45, 2.75) is 19.9 Å². The Morgan fingerprint density at radius 3 is 2.95 bits per heavy atom. The van der Waals surface area contributed by atoms with Gasteiger partial charge in [-0.1, -0.05) is 29.8 Å². The number of fused-ring (bicyclic) bond motifs is 1. The van der Waals surface area contributed by atoms with Gasteiger partial charge in [-0.3, -0.25) is 4.98 Å². The molecule has 3 aromatic rings. The van der Waals surface area contributed by atoms with Crippen molar-refractivity contribution in [3.05, 3.63) is 64.8 Å². The minimum atomic E-state index is 0.915. The first-order valence-corrected chi connectivity index (χ1v) is 8.37. The lowest BCUT2D eigenvalue weighted by atomic mass is 9.98. The van der Waals surface area contributed by atoms with Crippen LogP contribution in [0.1, 0.15) is 16.7 Å². The number of hydrogen-bond acceptors (Lipinski definition) is 4. The molecule has 1 aliphatic rings. The Hall–Kier alpha value is -2.20. The van der Waals surface area contributed by atoms with Crippen molar-refractivity contribution >= 4 is 17.2 Å². The SMILES string of the molecule is Cc1ccc2c(c1)CCN(c1cncc(-c3cccs3)n1)C2. The highest BCUT2D eigenvalue weighted by Gasteiger charge is 2.18. The number of aryl methyl sites for hydroxylation is 1. The Labute approximate surface area is 134 Å². The predicted octanol–water partition coefficient (Wildman–Crippen LogP) is 4.08. The van der Waals surface area contributed by atoms with E-state index in [1.54, 1.807) is 11.3 Å². The summed E-state index contributed by atoms with van der Waals surface area (Å²) in [4.78, 5) is 12.7. The lowest BCUT2D eigenvalue weighted by Crippen LogP contribution is -2.31. The number of nitrogens with zero attached hydrogens (tertiary/aromatic N) is 3. The molecule has 0 radical (unpaired) electrons. The fourth-order valence-electron chi connectivity index (χ4n) is 2.93. The van der Waals surface area contributed by atoms with Gasteiger partial charge in [-0.05, 0) is 35.9 Å². The molecule has 0 unspecified atom stereocenters. The highest BCUT2D eigenvalue weighted by atomic mass is 32.1. The first-order chi connectivity index (χ1) is 10.8. The number of benzene rings is 1. The maximum Gasteiger partial charge on any atom is 0.148 e. The van der Waals surface area contributed by atoms with Gasteiger partial charge in [-0.2, -0.15) is 0 Å². The summed E-state index contributed by atoms with van der Waals surface area (Å²) in [5, 5.41) is 2.07. The van der Waals surface area contributed by atoms with E-state index >= 15 is 0 Å². The Bertz CT molecular complexity index is 796. The lowest BCUT2D eigenvalue weighted by Gasteiger charge is -2.30. The topological polar surface area (TPSA) is 29.0 Å². The van der Waals surface area contributed by atoms with Crippen LogP contribution in [0.2, 0.25) is 0 Å². The molecule has 0 saturated heterocycles. The molecule has 1 aromatic carbocycles. The van der Waals surface area contributed by atoms with Crippen LogP contribution in [0.25, 0.3) is 10.6 Å². The molecule has 2 aromatic heterocycles. The quantitative estimate of drug-likeness (QED) is 0.714. The fourth-order valence-corrected chi connectivity index (χ4v) is 3.61. The predicted molar refractivity (Wildman–Crippen MR) is 91.3 cm³/mol. The van der Waals surface area contributed by atoms with Crippen LogP contribution in [0.4, 0.5) is 5.82 Å². The van der Waals surface area contributed by atoms with Crippen LogP contribution >= 0.6 is 11.3 Å². The second kappa shape index (κ2) is 5.54. The summed E-state index contributed by atoms with van der Waals surface area (Å²) in [6.45, 7) is 4.07. The van der Waals surface area contributed by atoms with E-state index in [9.17, 15) is 0 Å². The molecular weight excluding hydrogens is 290 g/mol. The Morgan fingerprint density at radius 2 is 2.09 bits per heavy atom. The van der Waals surface area contributed by atoms with Crippen LogP contribution in [0.3, 0.4) is 0 Å². The van der Waals surface area contributed by atoms with Crippen molar-refractivity contribution in [1.82, 2.24) is 9.97 Å². The molecule has 22 heavy (non-hydrogen) atoms. The van der Waals surface area contributed by atoms with Gasteiger partial charge in [0, 0.05) is 13.1 Å². The van der Waals surface area contributed by atoms with Crippen LogP contribution in [0, 0.1) is 6.92 Å². The smallest absolute Gasteiger partial charge is 0.148 e. The molecule has 4 heteroatoms. The van der Waals surface area contributed by atoms with Crippen molar-refractivity contribution < 1.29 is 0 Å². The third-order valence-corrected chi connectivity index (χ3v) is 4.99. The molecule has 3 nitrogen and oxygen atoms in total. The summed E-state index contributed by atoms with van der Waals surface area (Å²) in [7, 11) is 0. The molecule has 4 rings (SSSR count). The summed E-state index contributed by atoms with van der Waals surface area (Å²) in [5.41, 5.74) is 5.17. The molecule has 0 fully saturated rings. The minimum Gasteiger partial charge on any atom is -0.351 e. The molecule has 0 saturated carbocycles. The second-order valence-electron chi connectivity index (χ2n) is 5.68. The standard InChI is InChI=1S/C18H17N3S/c1-13-4-5-15-12-21(7-6-14(15)9-13)18-11-19-10-16(20-18)17-3-2-8-22-17/h2-5,8-11H,6-7,12H2,1H3. The van der Waals surface area contributed by atoms with Gasteiger partial charge < -0.3 is 4.90 Å². The van der Waals surface area contributed by atoms with Gasteiger partial charge in [0.2, 0.25) is 0 Å². The van der Waals surface area contributed by atoms with E-state index in [0.717, 1.165) is 31.0 Å². The van der Waals surface area contributed by atoms with Crippen molar-refractivity contribution in [2.75, 3.05) is 11.4 Å². The fraction of sp³-hybridized carbons (Fsp3) is 0.222. The van der Waals surface area contributed by atoms with Crippen molar-refractivity contribution in [3.8, 4) is 10.6 Å². The molecule has 0 amide bonds. The van der Waals surface area contributed by atoms with Crippen LogP contribution in [0.15, 0.2) is 48.1 Å². The van der Waals surface area contributed by atoms with Gasteiger partial charge in [0.15, 0.2) is 0 Å². The Morgan fingerprint density at radius 1 is 1.14 bits per heavy atom. The Kier molecular flexibility index (Phi) is 3.39. The zero-order chi connectivity index (χ0) is 14.9. The van der Waals surface area contributed by atoms with Gasteiger partial charge in [0.1, 0.15) is 11.5 Å². The van der Waals surface area contributed by atoms with E-state index in [4.69, 9.17) is 4.98 Å². The molecule has 110 valence electrons. The maximum absolute atomic E-state index is 4.80. The lowest BCUT2D eigenvalue weighted by molar-refractivity contribution is 0.718. The van der Waals surface area contributed by atoms with Crippen molar-refractivity contribution in [1.29, 1.82) is 0 Å². The van der Waals surface area contributed by atoms with Crippen molar-refractivity contribution in [2.24, 2.45) is 0 Å². The molecule has 3 heterocycles. The van der Waals surface area contributed by atoms with Gasteiger partial charge >= 0.3 is 0 Å². The molecule has 1 aliphatic heterocycles. The third-order valence-electron chi connectivity index (χ3n) is 4.09. The third kappa shape index (κ3) is 2.50. The van der Waals surface area contributed by atoms with Gasteiger partial charge in [-0.25, -0.2) is 4.98 Å². The molecule has 0 N–H and O–H groups in total. The number of hydrogen-bond donors (Lipinski definition) is 0. The van der Waals surface area contributed by atoms with Crippen LogP contribution < -0.4 is 4.90 Å². The van der Waals surface area contributed by atoms with Gasteiger partial charge in [0.05, 0.1) is 17.3 Å². The maximum atomic E-state index is 4.80. The second-order valence-corrected chi connectivity index (χ2v) is 6.63. The summed E-state index contributed by atoms with van der Waals surface area (Å²) in [6.07, 6.45) is 4.79. The van der Waals surface area contributed by atoms with E-state index in [0.29, 0.717) is 0 Å². The first-order valence-electron chi connectivity index (χ1n) is 7.49. The van der Waals surface area contributed by atoms with Crippen LogP contribution in [0.5, 0.6) is 0 Å². The first kappa shape index (κ1) is 13.5. The Balaban J connectivity index is 1.63. The monoisotopic (exact) mass is 307 g/mol. The number of aromatic nitrogens is 2. The van der Waals surface area contributed by atoms with Crippen molar-refractivity contribution in [3.63, 3.8) is 0 Å². The highest BCUT2D eigenvalue weighted by Crippen LogP contribution is 2.27. The summed E-state index contributed by atoms with van der Waals surface area (Å²) >= 11 is 1.70. The normalized spacial score (nSPS) is 14.0. The van der Waals surface area contributed by atoms with E-state index in [1.165, 1.54) is 21.6 Å².